The minimum Gasteiger partial charge on any atom is -0.347 e. The van der Waals surface area contributed by atoms with E-state index in [4.69, 9.17) is 11.6 Å². The topological polar surface area (TPSA) is 58.1 Å². The quantitative estimate of drug-likeness (QED) is 0.645. The fraction of sp³-hybridized carbons (Fsp3) is 0.227. The van der Waals surface area contributed by atoms with Crippen molar-refractivity contribution in [2.75, 3.05) is 11.4 Å². The number of halogens is 1. The number of benzene rings is 2. The van der Waals surface area contributed by atoms with Gasteiger partial charge in [0.2, 0.25) is 5.95 Å². The van der Waals surface area contributed by atoms with Crippen LogP contribution < -0.4 is 10.2 Å². The Labute approximate surface area is 170 Å². The second-order valence-corrected chi connectivity index (χ2v) is 6.94. The van der Waals surface area contributed by atoms with Crippen molar-refractivity contribution < 1.29 is 4.79 Å². The average molecular weight is 395 g/mol. The Morgan fingerprint density at radius 3 is 2.43 bits per heavy atom. The predicted octanol–water partition coefficient (Wildman–Crippen LogP) is 4.39. The highest BCUT2D eigenvalue weighted by Crippen LogP contribution is 2.15. The van der Waals surface area contributed by atoms with Crippen molar-refractivity contribution in [2.45, 2.75) is 26.9 Å². The second kappa shape index (κ2) is 9.33. The number of rotatable bonds is 7. The Bertz CT molecular complexity index is 929. The highest BCUT2D eigenvalue weighted by atomic mass is 35.5. The van der Waals surface area contributed by atoms with E-state index in [0.29, 0.717) is 29.8 Å². The third kappa shape index (κ3) is 5.30. The lowest BCUT2D eigenvalue weighted by atomic mass is 10.2. The average Bonchev–Trinajstić information content (AvgIpc) is 2.71. The molecular formula is C22H23ClN4O. The fourth-order valence-electron chi connectivity index (χ4n) is 2.81. The van der Waals surface area contributed by atoms with E-state index in [1.165, 1.54) is 5.56 Å². The van der Waals surface area contributed by atoms with E-state index in [0.717, 1.165) is 17.8 Å². The van der Waals surface area contributed by atoms with Crippen LogP contribution in [-0.2, 0) is 13.1 Å². The summed E-state index contributed by atoms with van der Waals surface area (Å²) in [5.74, 6) is 0.334. The molecule has 0 saturated carbocycles. The van der Waals surface area contributed by atoms with Crippen LogP contribution in [0.5, 0.6) is 0 Å². The third-order valence-electron chi connectivity index (χ3n) is 4.32. The molecule has 0 atom stereocenters. The van der Waals surface area contributed by atoms with Gasteiger partial charge < -0.3 is 10.2 Å². The van der Waals surface area contributed by atoms with E-state index in [1.807, 2.05) is 37.3 Å². The van der Waals surface area contributed by atoms with Crippen molar-refractivity contribution in [1.29, 1.82) is 0 Å². The van der Waals surface area contributed by atoms with Crippen molar-refractivity contribution in [3.63, 3.8) is 0 Å². The molecule has 0 aliphatic carbocycles. The zero-order chi connectivity index (χ0) is 19.9. The van der Waals surface area contributed by atoms with Crippen LogP contribution in [0.15, 0.2) is 60.7 Å². The Balaban J connectivity index is 1.73. The Hall–Kier alpha value is -2.92. The highest BCUT2D eigenvalue weighted by molar-refractivity contribution is 6.30. The number of carbonyl (C=O) groups excluding carboxylic acids is 1. The number of carbonyl (C=O) groups is 1. The first kappa shape index (κ1) is 19.8. The van der Waals surface area contributed by atoms with Crippen LogP contribution >= 0.6 is 11.6 Å². The molecular weight excluding hydrogens is 372 g/mol. The van der Waals surface area contributed by atoms with Gasteiger partial charge >= 0.3 is 0 Å². The summed E-state index contributed by atoms with van der Waals surface area (Å²) in [5, 5.41) is 3.58. The number of anilines is 1. The number of aryl methyl sites for hydroxylation is 1. The SMILES string of the molecule is CCN(Cc1ccccc1)c1nc(C)cc(C(=O)NCc2ccc(Cl)cc2)n1. The molecule has 0 aliphatic rings. The van der Waals surface area contributed by atoms with Crippen LogP contribution in [0.3, 0.4) is 0 Å². The first-order chi connectivity index (χ1) is 13.5. The normalized spacial score (nSPS) is 10.5. The molecule has 3 rings (SSSR count). The summed E-state index contributed by atoms with van der Waals surface area (Å²) < 4.78 is 0. The lowest BCUT2D eigenvalue weighted by Crippen LogP contribution is -2.28. The van der Waals surface area contributed by atoms with Crippen LogP contribution in [0.2, 0.25) is 5.02 Å². The molecule has 2 aromatic carbocycles. The molecule has 0 unspecified atom stereocenters. The summed E-state index contributed by atoms with van der Waals surface area (Å²) in [5.41, 5.74) is 3.27. The van der Waals surface area contributed by atoms with Gasteiger partial charge in [-0.2, -0.15) is 0 Å². The van der Waals surface area contributed by atoms with Gasteiger partial charge in [-0.15, -0.1) is 0 Å². The van der Waals surface area contributed by atoms with Crippen molar-refractivity contribution >= 4 is 23.5 Å². The van der Waals surface area contributed by atoms with Gasteiger partial charge in [0, 0.05) is 30.4 Å². The number of nitrogens with zero attached hydrogens (tertiary/aromatic N) is 3. The van der Waals surface area contributed by atoms with E-state index in [-0.39, 0.29) is 5.91 Å². The molecule has 0 bridgehead atoms. The predicted molar refractivity (Wildman–Crippen MR) is 113 cm³/mol. The number of nitrogens with one attached hydrogen (secondary N) is 1. The van der Waals surface area contributed by atoms with Gasteiger partial charge in [-0.05, 0) is 43.2 Å². The van der Waals surface area contributed by atoms with Crippen molar-refractivity contribution in [3.8, 4) is 0 Å². The molecule has 0 aliphatic heterocycles. The van der Waals surface area contributed by atoms with Crippen LogP contribution in [0, 0.1) is 6.92 Å². The molecule has 1 amide bonds. The number of aromatic nitrogens is 2. The molecule has 1 heterocycles. The van der Waals surface area contributed by atoms with E-state index >= 15 is 0 Å². The maximum Gasteiger partial charge on any atom is 0.270 e. The Morgan fingerprint density at radius 2 is 1.75 bits per heavy atom. The molecule has 0 saturated heterocycles. The third-order valence-corrected chi connectivity index (χ3v) is 4.57. The van der Waals surface area contributed by atoms with Crippen LogP contribution in [0.25, 0.3) is 0 Å². The second-order valence-electron chi connectivity index (χ2n) is 6.50. The van der Waals surface area contributed by atoms with E-state index in [2.05, 4.69) is 39.2 Å². The van der Waals surface area contributed by atoms with Crippen molar-refractivity contribution in [1.82, 2.24) is 15.3 Å². The van der Waals surface area contributed by atoms with Crippen molar-refractivity contribution in [3.05, 3.63) is 88.2 Å². The summed E-state index contributed by atoms with van der Waals surface area (Å²) in [6.45, 7) is 5.76. The molecule has 6 heteroatoms. The Kier molecular flexibility index (Phi) is 6.61. The van der Waals surface area contributed by atoms with Gasteiger partial charge in [0.1, 0.15) is 5.69 Å². The van der Waals surface area contributed by atoms with Gasteiger partial charge in [-0.1, -0.05) is 54.1 Å². The fourth-order valence-corrected chi connectivity index (χ4v) is 2.94. The number of hydrogen-bond acceptors (Lipinski definition) is 4. The number of amides is 1. The monoisotopic (exact) mass is 394 g/mol. The summed E-state index contributed by atoms with van der Waals surface area (Å²) in [6.07, 6.45) is 0. The molecule has 5 nitrogen and oxygen atoms in total. The van der Waals surface area contributed by atoms with Gasteiger partial charge in [-0.25, -0.2) is 9.97 Å². The smallest absolute Gasteiger partial charge is 0.270 e. The zero-order valence-electron chi connectivity index (χ0n) is 16.0. The largest absolute Gasteiger partial charge is 0.347 e. The summed E-state index contributed by atoms with van der Waals surface area (Å²) in [7, 11) is 0. The molecule has 0 fully saturated rings. The number of hydrogen-bond donors (Lipinski definition) is 1. The van der Waals surface area contributed by atoms with E-state index < -0.39 is 0 Å². The molecule has 1 N–H and O–H groups in total. The lowest BCUT2D eigenvalue weighted by molar-refractivity contribution is 0.0945. The molecule has 144 valence electrons. The summed E-state index contributed by atoms with van der Waals surface area (Å²) in [4.78, 5) is 23.7. The van der Waals surface area contributed by atoms with Gasteiger partial charge in [0.05, 0.1) is 0 Å². The van der Waals surface area contributed by atoms with Gasteiger partial charge in [0.15, 0.2) is 0 Å². The van der Waals surface area contributed by atoms with Gasteiger partial charge in [0.25, 0.3) is 5.91 Å². The maximum absolute atomic E-state index is 12.6. The van der Waals surface area contributed by atoms with Gasteiger partial charge in [-0.3, -0.25) is 4.79 Å². The Morgan fingerprint density at radius 1 is 1.04 bits per heavy atom. The molecule has 28 heavy (non-hydrogen) atoms. The van der Waals surface area contributed by atoms with Crippen LogP contribution in [0.1, 0.15) is 34.2 Å². The summed E-state index contributed by atoms with van der Waals surface area (Å²) >= 11 is 5.90. The zero-order valence-corrected chi connectivity index (χ0v) is 16.8. The van der Waals surface area contributed by atoms with Crippen LogP contribution in [-0.4, -0.2) is 22.4 Å². The lowest BCUT2D eigenvalue weighted by Gasteiger charge is -2.21. The molecule has 3 aromatic rings. The molecule has 1 aromatic heterocycles. The maximum atomic E-state index is 12.6. The highest BCUT2D eigenvalue weighted by Gasteiger charge is 2.14. The van der Waals surface area contributed by atoms with Crippen molar-refractivity contribution in [2.24, 2.45) is 0 Å². The molecule has 0 radical (unpaired) electrons. The summed E-state index contributed by atoms with van der Waals surface area (Å²) in [6, 6.07) is 19.2. The van der Waals surface area contributed by atoms with E-state index in [1.54, 1.807) is 18.2 Å². The first-order valence-electron chi connectivity index (χ1n) is 9.22. The van der Waals surface area contributed by atoms with E-state index in [9.17, 15) is 4.79 Å². The first-order valence-corrected chi connectivity index (χ1v) is 9.60. The standard InChI is InChI=1S/C22H23ClN4O/c1-3-27(15-18-7-5-4-6-8-18)22-25-16(2)13-20(26-22)21(28)24-14-17-9-11-19(23)12-10-17/h4-13H,3,14-15H2,1-2H3,(H,24,28). The minimum atomic E-state index is -0.225. The minimum absolute atomic E-state index is 0.225. The molecule has 0 spiro atoms. The van der Waals surface area contributed by atoms with Crippen LogP contribution in [0.4, 0.5) is 5.95 Å².